The van der Waals surface area contributed by atoms with Gasteiger partial charge in [0.2, 0.25) is 0 Å². The highest BCUT2D eigenvalue weighted by Crippen LogP contribution is 2.09. The molecule has 1 heterocycles. The van der Waals surface area contributed by atoms with Crippen molar-refractivity contribution in [2.75, 3.05) is 18.8 Å². The first-order chi connectivity index (χ1) is 7.65. The quantitative estimate of drug-likeness (QED) is 0.802. The fourth-order valence-electron chi connectivity index (χ4n) is 1.66. The fraction of sp³-hybridized carbons (Fsp3) is 0.615. The maximum absolute atomic E-state index is 5.57. The minimum Gasteiger partial charge on any atom is -0.384 e. The molecule has 1 aromatic heterocycles. The lowest BCUT2D eigenvalue weighted by atomic mass is 10.1. The predicted molar refractivity (Wildman–Crippen MR) is 69.1 cm³/mol. The number of nitrogen functional groups attached to an aromatic ring is 1. The van der Waals surface area contributed by atoms with E-state index >= 15 is 0 Å². The van der Waals surface area contributed by atoms with Crippen molar-refractivity contribution in [3.8, 4) is 0 Å². The highest BCUT2D eigenvalue weighted by atomic mass is 15.1. The summed E-state index contributed by atoms with van der Waals surface area (Å²) in [5.74, 6) is 1.34. The van der Waals surface area contributed by atoms with Crippen LogP contribution in [0, 0.1) is 5.92 Å². The van der Waals surface area contributed by atoms with Crippen LogP contribution in [0.25, 0.3) is 0 Å². The lowest BCUT2D eigenvalue weighted by Crippen LogP contribution is -2.27. The molecule has 1 unspecified atom stereocenters. The molecule has 3 nitrogen and oxygen atoms in total. The van der Waals surface area contributed by atoms with E-state index < -0.39 is 0 Å². The van der Waals surface area contributed by atoms with Crippen LogP contribution in [0.3, 0.4) is 0 Å². The van der Waals surface area contributed by atoms with Crippen molar-refractivity contribution in [3.63, 3.8) is 0 Å². The Bertz CT molecular complexity index is 295. The van der Waals surface area contributed by atoms with Gasteiger partial charge in [-0.05, 0) is 24.1 Å². The van der Waals surface area contributed by atoms with E-state index in [-0.39, 0.29) is 0 Å². The van der Waals surface area contributed by atoms with Gasteiger partial charge in [0.15, 0.2) is 0 Å². The van der Waals surface area contributed by atoms with Gasteiger partial charge in [0.1, 0.15) is 5.82 Å². The van der Waals surface area contributed by atoms with Crippen molar-refractivity contribution in [2.45, 2.75) is 33.7 Å². The Morgan fingerprint density at radius 1 is 1.38 bits per heavy atom. The van der Waals surface area contributed by atoms with Crippen LogP contribution < -0.4 is 5.73 Å². The molecule has 1 atom stereocenters. The maximum atomic E-state index is 5.57. The second-order valence-corrected chi connectivity index (χ2v) is 4.43. The van der Waals surface area contributed by atoms with Gasteiger partial charge in [0.25, 0.3) is 0 Å². The Morgan fingerprint density at radius 2 is 2.12 bits per heavy atom. The molecule has 1 aromatic rings. The molecule has 0 saturated carbocycles. The van der Waals surface area contributed by atoms with Crippen LogP contribution in [0.5, 0.6) is 0 Å². The zero-order chi connectivity index (χ0) is 12.0. The van der Waals surface area contributed by atoms with E-state index in [4.69, 9.17) is 5.73 Å². The van der Waals surface area contributed by atoms with Crippen LogP contribution in [-0.2, 0) is 6.54 Å². The van der Waals surface area contributed by atoms with Gasteiger partial charge in [-0.25, -0.2) is 4.98 Å². The molecule has 0 amide bonds. The average molecular weight is 221 g/mol. The number of anilines is 1. The minimum atomic E-state index is 0.591. The van der Waals surface area contributed by atoms with Crippen LogP contribution in [0.15, 0.2) is 18.3 Å². The van der Waals surface area contributed by atoms with E-state index in [0.717, 1.165) is 25.6 Å². The average Bonchev–Trinajstić information content (AvgIpc) is 2.30. The maximum Gasteiger partial charge on any atom is 0.123 e. The van der Waals surface area contributed by atoms with Crippen molar-refractivity contribution >= 4 is 5.82 Å². The number of rotatable bonds is 6. The van der Waals surface area contributed by atoms with Crippen LogP contribution in [0.1, 0.15) is 32.8 Å². The van der Waals surface area contributed by atoms with Crippen molar-refractivity contribution in [1.82, 2.24) is 9.88 Å². The molecule has 0 fully saturated rings. The van der Waals surface area contributed by atoms with Crippen molar-refractivity contribution in [2.24, 2.45) is 5.92 Å². The van der Waals surface area contributed by atoms with Crippen molar-refractivity contribution in [3.05, 3.63) is 23.9 Å². The first-order valence-electron chi connectivity index (χ1n) is 6.08. The minimum absolute atomic E-state index is 0.591. The summed E-state index contributed by atoms with van der Waals surface area (Å²) in [5.41, 5.74) is 6.80. The molecule has 0 aliphatic carbocycles. The topological polar surface area (TPSA) is 42.1 Å². The number of hydrogen-bond acceptors (Lipinski definition) is 3. The molecule has 16 heavy (non-hydrogen) atoms. The largest absolute Gasteiger partial charge is 0.384 e. The Kier molecular flexibility index (Phi) is 5.26. The first-order valence-corrected chi connectivity index (χ1v) is 6.08. The van der Waals surface area contributed by atoms with Gasteiger partial charge in [-0.1, -0.05) is 33.3 Å². The molecule has 0 bridgehead atoms. The normalized spacial score (nSPS) is 13.0. The number of hydrogen-bond donors (Lipinski definition) is 1. The van der Waals surface area contributed by atoms with Crippen molar-refractivity contribution < 1.29 is 0 Å². The standard InChI is InChI=1S/C13H23N3/c1-4-11(3)9-16(5-2)10-12-6-7-13(14)15-8-12/h6-8,11H,4-5,9-10H2,1-3H3,(H2,14,15). The summed E-state index contributed by atoms with van der Waals surface area (Å²) in [4.78, 5) is 6.56. The predicted octanol–water partition coefficient (Wildman–Crippen LogP) is 2.53. The van der Waals surface area contributed by atoms with Gasteiger partial charge >= 0.3 is 0 Å². The zero-order valence-corrected chi connectivity index (χ0v) is 10.6. The van der Waals surface area contributed by atoms with Gasteiger partial charge in [-0.2, -0.15) is 0 Å². The number of aromatic nitrogens is 1. The zero-order valence-electron chi connectivity index (χ0n) is 10.6. The van der Waals surface area contributed by atoms with Gasteiger partial charge in [0, 0.05) is 19.3 Å². The van der Waals surface area contributed by atoms with E-state index in [9.17, 15) is 0 Å². The second-order valence-electron chi connectivity index (χ2n) is 4.43. The third-order valence-electron chi connectivity index (χ3n) is 2.97. The lowest BCUT2D eigenvalue weighted by Gasteiger charge is -2.23. The number of nitrogens with two attached hydrogens (primary N) is 1. The van der Waals surface area contributed by atoms with Crippen LogP contribution in [-0.4, -0.2) is 23.0 Å². The number of nitrogens with zero attached hydrogens (tertiary/aromatic N) is 2. The summed E-state index contributed by atoms with van der Waals surface area (Å²) in [6.45, 7) is 9.93. The van der Waals surface area contributed by atoms with E-state index in [0.29, 0.717) is 5.82 Å². The van der Waals surface area contributed by atoms with E-state index in [1.54, 1.807) is 0 Å². The van der Waals surface area contributed by atoms with E-state index in [1.165, 1.54) is 12.0 Å². The van der Waals surface area contributed by atoms with Crippen molar-refractivity contribution in [1.29, 1.82) is 0 Å². The molecule has 0 spiro atoms. The molecule has 0 aliphatic rings. The van der Waals surface area contributed by atoms with Crippen LogP contribution >= 0.6 is 0 Å². The summed E-state index contributed by atoms with van der Waals surface area (Å²) in [5, 5.41) is 0. The summed E-state index contributed by atoms with van der Waals surface area (Å²) < 4.78 is 0. The molecular formula is C13H23N3. The summed E-state index contributed by atoms with van der Waals surface area (Å²) in [6, 6.07) is 3.92. The SMILES string of the molecule is CCC(C)CN(CC)Cc1ccc(N)nc1. The Labute approximate surface area is 98.7 Å². The molecule has 0 saturated heterocycles. The molecule has 0 aromatic carbocycles. The van der Waals surface area contributed by atoms with Crippen LogP contribution in [0.2, 0.25) is 0 Å². The lowest BCUT2D eigenvalue weighted by molar-refractivity contribution is 0.238. The van der Waals surface area contributed by atoms with Gasteiger partial charge in [0.05, 0.1) is 0 Å². The third-order valence-corrected chi connectivity index (χ3v) is 2.97. The Hall–Kier alpha value is -1.09. The summed E-state index contributed by atoms with van der Waals surface area (Å²) in [7, 11) is 0. The van der Waals surface area contributed by atoms with Gasteiger partial charge < -0.3 is 5.73 Å². The van der Waals surface area contributed by atoms with E-state index in [1.807, 2.05) is 12.3 Å². The molecule has 90 valence electrons. The van der Waals surface area contributed by atoms with Gasteiger partial charge in [-0.15, -0.1) is 0 Å². The first kappa shape index (κ1) is 13.0. The molecule has 0 aliphatic heterocycles. The monoisotopic (exact) mass is 221 g/mol. The van der Waals surface area contributed by atoms with Gasteiger partial charge in [-0.3, -0.25) is 4.90 Å². The highest BCUT2D eigenvalue weighted by molar-refractivity contribution is 5.29. The summed E-state index contributed by atoms with van der Waals surface area (Å²) >= 11 is 0. The molecule has 1 rings (SSSR count). The smallest absolute Gasteiger partial charge is 0.123 e. The third kappa shape index (κ3) is 4.19. The molecular weight excluding hydrogens is 198 g/mol. The number of pyridine rings is 1. The Balaban J connectivity index is 2.52. The fourth-order valence-corrected chi connectivity index (χ4v) is 1.66. The highest BCUT2D eigenvalue weighted by Gasteiger charge is 2.07. The molecule has 2 N–H and O–H groups in total. The Morgan fingerprint density at radius 3 is 2.62 bits per heavy atom. The summed E-state index contributed by atoms with van der Waals surface area (Å²) in [6.07, 6.45) is 3.10. The molecule has 0 radical (unpaired) electrons. The molecule has 3 heteroatoms. The second kappa shape index (κ2) is 6.48. The van der Waals surface area contributed by atoms with Crippen LogP contribution in [0.4, 0.5) is 5.82 Å². The van der Waals surface area contributed by atoms with E-state index in [2.05, 4.69) is 36.7 Å².